The standard InChI is InChI=1S/C18H19ClF2N4O/c19-15-14(20)6-4-12(16(15)21)10-24-18(26)23-9-7-13-5-3-11-2-1-8-22-17(11)25-13/h3-6H,1-2,7-10H2,(H,22,25)(H2,23,24,26). The molecule has 0 aliphatic carbocycles. The van der Waals surface area contributed by atoms with Crippen LogP contribution in [0.25, 0.3) is 0 Å². The van der Waals surface area contributed by atoms with Gasteiger partial charge < -0.3 is 16.0 Å². The Labute approximate surface area is 155 Å². The molecule has 0 fully saturated rings. The Kier molecular flexibility index (Phi) is 5.88. The molecule has 8 heteroatoms. The molecule has 0 atom stereocenters. The molecule has 2 heterocycles. The second-order valence-corrected chi connectivity index (χ2v) is 6.41. The molecule has 1 aliphatic rings. The first-order chi connectivity index (χ1) is 12.5. The summed E-state index contributed by atoms with van der Waals surface area (Å²) in [5.41, 5.74) is 2.22. The largest absolute Gasteiger partial charge is 0.370 e. The lowest BCUT2D eigenvalue weighted by Crippen LogP contribution is -2.36. The highest BCUT2D eigenvalue weighted by molar-refractivity contribution is 6.30. The number of urea groups is 1. The van der Waals surface area contributed by atoms with E-state index in [9.17, 15) is 13.6 Å². The summed E-state index contributed by atoms with van der Waals surface area (Å²) in [6, 6.07) is 5.89. The maximum absolute atomic E-state index is 13.8. The van der Waals surface area contributed by atoms with E-state index in [-0.39, 0.29) is 12.1 Å². The molecule has 1 aromatic heterocycles. The van der Waals surface area contributed by atoms with Gasteiger partial charge in [-0.05, 0) is 30.5 Å². The summed E-state index contributed by atoms with van der Waals surface area (Å²) in [5.74, 6) is -0.774. The lowest BCUT2D eigenvalue weighted by Gasteiger charge is -2.17. The van der Waals surface area contributed by atoms with Crippen molar-refractivity contribution < 1.29 is 13.6 Å². The SMILES string of the molecule is O=C(NCCc1ccc2c(n1)NCCC2)NCc1ccc(F)c(Cl)c1F. The Bertz CT molecular complexity index is 816. The number of aryl methyl sites for hydroxylation is 1. The number of rotatable bonds is 5. The third-order valence-corrected chi connectivity index (χ3v) is 4.52. The van der Waals surface area contributed by atoms with E-state index in [1.165, 1.54) is 11.6 Å². The Hall–Kier alpha value is -2.41. The number of carbonyl (C=O) groups is 1. The van der Waals surface area contributed by atoms with E-state index in [2.05, 4.69) is 27.0 Å². The predicted octanol–water partition coefficient (Wildman–Crippen LogP) is 3.41. The first-order valence-electron chi connectivity index (χ1n) is 8.41. The van der Waals surface area contributed by atoms with Crippen LogP contribution >= 0.6 is 11.6 Å². The van der Waals surface area contributed by atoms with Crippen molar-refractivity contribution in [2.75, 3.05) is 18.4 Å². The molecule has 0 spiro atoms. The number of nitrogens with one attached hydrogen (secondary N) is 3. The van der Waals surface area contributed by atoms with Gasteiger partial charge in [0.25, 0.3) is 0 Å². The van der Waals surface area contributed by atoms with Crippen LogP contribution in [0.5, 0.6) is 0 Å². The molecule has 0 saturated carbocycles. The lowest BCUT2D eigenvalue weighted by molar-refractivity contribution is 0.240. The van der Waals surface area contributed by atoms with Gasteiger partial charge in [-0.3, -0.25) is 0 Å². The fourth-order valence-electron chi connectivity index (χ4n) is 2.75. The van der Waals surface area contributed by atoms with E-state index in [0.717, 1.165) is 37.0 Å². The number of anilines is 1. The molecule has 2 amide bonds. The number of carbonyl (C=O) groups excluding carboxylic acids is 1. The lowest BCUT2D eigenvalue weighted by atomic mass is 10.1. The van der Waals surface area contributed by atoms with Crippen molar-refractivity contribution in [1.82, 2.24) is 15.6 Å². The van der Waals surface area contributed by atoms with Crippen LogP contribution in [0, 0.1) is 11.6 Å². The van der Waals surface area contributed by atoms with Crippen LogP contribution < -0.4 is 16.0 Å². The summed E-state index contributed by atoms with van der Waals surface area (Å²) in [7, 11) is 0. The van der Waals surface area contributed by atoms with E-state index in [1.807, 2.05) is 6.07 Å². The molecular weight excluding hydrogens is 362 g/mol. The zero-order valence-electron chi connectivity index (χ0n) is 14.0. The van der Waals surface area contributed by atoms with E-state index in [4.69, 9.17) is 11.6 Å². The van der Waals surface area contributed by atoms with Crippen LogP contribution in [-0.2, 0) is 19.4 Å². The van der Waals surface area contributed by atoms with Gasteiger partial charge in [-0.25, -0.2) is 18.6 Å². The van der Waals surface area contributed by atoms with Gasteiger partial charge in [0.05, 0.1) is 0 Å². The van der Waals surface area contributed by atoms with Crippen LogP contribution in [0.4, 0.5) is 19.4 Å². The number of hydrogen-bond donors (Lipinski definition) is 3. The number of hydrogen-bond acceptors (Lipinski definition) is 3. The number of amides is 2. The molecular formula is C18H19ClF2N4O. The Morgan fingerprint density at radius 2 is 2.08 bits per heavy atom. The molecule has 26 heavy (non-hydrogen) atoms. The normalized spacial score (nSPS) is 12.9. The van der Waals surface area contributed by atoms with Crippen molar-refractivity contribution in [2.45, 2.75) is 25.8 Å². The zero-order valence-corrected chi connectivity index (χ0v) is 14.8. The molecule has 1 aliphatic heterocycles. The molecule has 1 aromatic carbocycles. The van der Waals surface area contributed by atoms with Crippen molar-refractivity contribution in [3.05, 3.63) is 57.7 Å². The first kappa shape index (κ1) is 18.4. The van der Waals surface area contributed by atoms with E-state index >= 15 is 0 Å². The second kappa shape index (κ2) is 8.31. The third-order valence-electron chi connectivity index (χ3n) is 4.17. The molecule has 5 nitrogen and oxygen atoms in total. The van der Waals surface area contributed by atoms with Gasteiger partial charge in [-0.1, -0.05) is 23.7 Å². The molecule has 3 rings (SSSR count). The highest BCUT2D eigenvalue weighted by Crippen LogP contribution is 2.22. The van der Waals surface area contributed by atoms with Crippen LogP contribution in [-0.4, -0.2) is 24.1 Å². The number of nitrogens with zero attached hydrogens (tertiary/aromatic N) is 1. The van der Waals surface area contributed by atoms with Gasteiger partial charge in [0.2, 0.25) is 0 Å². The topological polar surface area (TPSA) is 66.0 Å². The molecule has 2 aromatic rings. The molecule has 0 saturated heterocycles. The fourth-order valence-corrected chi connectivity index (χ4v) is 2.94. The smallest absolute Gasteiger partial charge is 0.315 e. The van der Waals surface area contributed by atoms with E-state index < -0.39 is 22.7 Å². The van der Waals surface area contributed by atoms with Crippen molar-refractivity contribution in [3.63, 3.8) is 0 Å². The highest BCUT2D eigenvalue weighted by Gasteiger charge is 2.13. The van der Waals surface area contributed by atoms with Gasteiger partial charge in [0.1, 0.15) is 22.5 Å². The number of fused-ring (bicyclic) bond motifs is 1. The summed E-state index contributed by atoms with van der Waals surface area (Å²) in [6.45, 7) is 1.23. The van der Waals surface area contributed by atoms with E-state index in [0.29, 0.717) is 13.0 Å². The third kappa shape index (κ3) is 4.40. The maximum atomic E-state index is 13.8. The fraction of sp³-hybridized carbons (Fsp3) is 0.333. The summed E-state index contributed by atoms with van der Waals surface area (Å²) >= 11 is 5.51. The van der Waals surface area contributed by atoms with Crippen LogP contribution in [0.2, 0.25) is 5.02 Å². The zero-order chi connectivity index (χ0) is 18.5. The van der Waals surface area contributed by atoms with Crippen molar-refractivity contribution in [1.29, 1.82) is 0 Å². The van der Waals surface area contributed by atoms with Gasteiger partial charge in [-0.2, -0.15) is 0 Å². The van der Waals surface area contributed by atoms with E-state index in [1.54, 1.807) is 0 Å². The van der Waals surface area contributed by atoms with Gasteiger partial charge in [-0.15, -0.1) is 0 Å². The van der Waals surface area contributed by atoms with Crippen molar-refractivity contribution in [2.24, 2.45) is 0 Å². The highest BCUT2D eigenvalue weighted by atomic mass is 35.5. The summed E-state index contributed by atoms with van der Waals surface area (Å²) < 4.78 is 26.9. The molecule has 3 N–H and O–H groups in total. The average molecular weight is 381 g/mol. The number of halogens is 3. The number of benzene rings is 1. The molecule has 0 radical (unpaired) electrons. The minimum atomic E-state index is -0.863. The Morgan fingerprint density at radius 3 is 2.92 bits per heavy atom. The van der Waals surface area contributed by atoms with Gasteiger partial charge >= 0.3 is 6.03 Å². The Morgan fingerprint density at radius 1 is 1.23 bits per heavy atom. The van der Waals surface area contributed by atoms with Gasteiger partial charge in [0, 0.05) is 37.3 Å². The Balaban J connectivity index is 1.45. The first-order valence-corrected chi connectivity index (χ1v) is 8.79. The monoisotopic (exact) mass is 380 g/mol. The average Bonchev–Trinajstić information content (AvgIpc) is 2.65. The van der Waals surface area contributed by atoms with Crippen LogP contribution in [0.3, 0.4) is 0 Å². The predicted molar refractivity (Wildman–Crippen MR) is 96.4 cm³/mol. The summed E-state index contributed by atoms with van der Waals surface area (Å²) in [6.07, 6.45) is 2.72. The van der Waals surface area contributed by atoms with Crippen molar-refractivity contribution >= 4 is 23.4 Å². The quantitative estimate of drug-likeness (QED) is 0.696. The van der Waals surface area contributed by atoms with Crippen LogP contribution in [0.15, 0.2) is 24.3 Å². The van der Waals surface area contributed by atoms with Gasteiger partial charge in [0.15, 0.2) is 0 Å². The molecule has 0 unspecified atom stereocenters. The number of aromatic nitrogens is 1. The number of pyridine rings is 1. The maximum Gasteiger partial charge on any atom is 0.315 e. The van der Waals surface area contributed by atoms with Crippen LogP contribution in [0.1, 0.15) is 23.2 Å². The summed E-state index contributed by atoms with van der Waals surface area (Å²) in [4.78, 5) is 16.4. The summed E-state index contributed by atoms with van der Waals surface area (Å²) in [5, 5.41) is 7.90. The molecule has 138 valence electrons. The minimum Gasteiger partial charge on any atom is -0.370 e. The molecule has 0 bridgehead atoms. The minimum absolute atomic E-state index is 0.0846. The van der Waals surface area contributed by atoms with Crippen molar-refractivity contribution in [3.8, 4) is 0 Å². The second-order valence-electron chi connectivity index (χ2n) is 6.03.